The number of anilines is 2. The van der Waals surface area contributed by atoms with Gasteiger partial charge in [0, 0.05) is 39.3 Å². The standard InChI is InChI=1S/C21H31FN4O3/c1-21(2,3)29-20(28)23-16-7-9-25(10-8-16)11-12-26-18-13-15(22)5-6-17(18)24(4)14-19(26)27/h5-6,13,16H,7-12,14H2,1-4H3,(H,23,28). The number of nitrogens with zero attached hydrogens (tertiary/aromatic N) is 3. The maximum absolute atomic E-state index is 13.8. The molecule has 2 aliphatic heterocycles. The lowest BCUT2D eigenvalue weighted by Crippen LogP contribution is -2.50. The largest absolute Gasteiger partial charge is 0.444 e. The van der Waals surface area contributed by atoms with Gasteiger partial charge in [0.1, 0.15) is 11.4 Å². The monoisotopic (exact) mass is 406 g/mol. The van der Waals surface area contributed by atoms with Crippen molar-refractivity contribution >= 4 is 23.4 Å². The number of benzene rings is 1. The van der Waals surface area contributed by atoms with Gasteiger partial charge in [-0.3, -0.25) is 4.79 Å². The van der Waals surface area contributed by atoms with Crippen molar-refractivity contribution in [1.29, 1.82) is 0 Å². The van der Waals surface area contributed by atoms with Crippen molar-refractivity contribution in [3.63, 3.8) is 0 Å². The lowest BCUT2D eigenvalue weighted by atomic mass is 10.1. The summed E-state index contributed by atoms with van der Waals surface area (Å²) in [6, 6.07) is 4.67. The van der Waals surface area contributed by atoms with E-state index >= 15 is 0 Å². The fourth-order valence-electron chi connectivity index (χ4n) is 3.81. The Kier molecular flexibility index (Phi) is 6.31. The first-order chi connectivity index (χ1) is 13.6. The zero-order valence-corrected chi connectivity index (χ0v) is 17.7. The minimum Gasteiger partial charge on any atom is -0.444 e. The molecule has 0 spiro atoms. The highest BCUT2D eigenvalue weighted by atomic mass is 19.1. The lowest BCUT2D eigenvalue weighted by Gasteiger charge is -2.37. The number of likely N-dealkylation sites (N-methyl/N-ethyl adjacent to an activating group) is 1. The molecule has 1 N–H and O–H groups in total. The van der Waals surface area contributed by atoms with Gasteiger partial charge in [-0.1, -0.05) is 0 Å². The van der Waals surface area contributed by atoms with Crippen LogP contribution in [0.4, 0.5) is 20.6 Å². The number of likely N-dealkylation sites (tertiary alicyclic amines) is 1. The van der Waals surface area contributed by atoms with Gasteiger partial charge in [-0.15, -0.1) is 0 Å². The van der Waals surface area contributed by atoms with Gasteiger partial charge in [0.25, 0.3) is 0 Å². The number of fused-ring (bicyclic) bond motifs is 1. The molecule has 1 aromatic rings. The molecule has 0 radical (unpaired) electrons. The summed E-state index contributed by atoms with van der Waals surface area (Å²) in [7, 11) is 1.84. The van der Waals surface area contributed by atoms with E-state index in [2.05, 4.69) is 10.2 Å². The first kappa shape index (κ1) is 21.4. The Hall–Kier alpha value is -2.35. The van der Waals surface area contributed by atoms with Crippen LogP contribution in [0.2, 0.25) is 0 Å². The van der Waals surface area contributed by atoms with Crippen molar-refractivity contribution in [2.24, 2.45) is 0 Å². The zero-order valence-electron chi connectivity index (χ0n) is 17.7. The van der Waals surface area contributed by atoms with Crippen LogP contribution in [-0.2, 0) is 9.53 Å². The molecule has 29 heavy (non-hydrogen) atoms. The third kappa shape index (κ3) is 5.59. The maximum Gasteiger partial charge on any atom is 0.407 e. The van der Waals surface area contributed by atoms with Crippen LogP contribution >= 0.6 is 0 Å². The quantitative estimate of drug-likeness (QED) is 0.833. The molecule has 0 aromatic heterocycles. The molecule has 1 saturated heterocycles. The highest BCUT2D eigenvalue weighted by Gasteiger charge is 2.29. The van der Waals surface area contributed by atoms with E-state index < -0.39 is 5.60 Å². The van der Waals surface area contributed by atoms with Gasteiger partial charge in [-0.05, 0) is 51.8 Å². The molecule has 160 valence electrons. The van der Waals surface area contributed by atoms with E-state index in [0.29, 0.717) is 25.3 Å². The summed E-state index contributed by atoms with van der Waals surface area (Å²) in [5.41, 5.74) is 0.992. The molecule has 0 saturated carbocycles. The number of nitrogens with one attached hydrogen (secondary N) is 1. The summed E-state index contributed by atoms with van der Waals surface area (Å²) in [5.74, 6) is -0.363. The number of rotatable bonds is 4. The molecule has 3 rings (SSSR count). The SMILES string of the molecule is CN1CC(=O)N(CCN2CCC(NC(=O)OC(C)(C)C)CC2)c2cc(F)ccc21. The van der Waals surface area contributed by atoms with Crippen LogP contribution in [0.5, 0.6) is 0 Å². The molecule has 7 nitrogen and oxygen atoms in total. The van der Waals surface area contributed by atoms with Crippen LogP contribution in [-0.4, -0.2) is 68.3 Å². The van der Waals surface area contributed by atoms with Gasteiger partial charge in [0.2, 0.25) is 5.91 Å². The van der Waals surface area contributed by atoms with Gasteiger partial charge < -0.3 is 24.8 Å². The van der Waals surface area contributed by atoms with Crippen molar-refractivity contribution in [3.8, 4) is 0 Å². The van der Waals surface area contributed by atoms with Crippen LogP contribution < -0.4 is 15.1 Å². The van der Waals surface area contributed by atoms with Gasteiger partial charge in [0.15, 0.2) is 0 Å². The Labute approximate surface area is 171 Å². The molecule has 1 aromatic carbocycles. The van der Waals surface area contributed by atoms with E-state index in [1.807, 2.05) is 32.7 Å². The highest BCUT2D eigenvalue weighted by molar-refractivity contribution is 6.03. The summed E-state index contributed by atoms with van der Waals surface area (Å²) in [5, 5.41) is 2.93. The van der Waals surface area contributed by atoms with Crippen molar-refractivity contribution in [2.75, 3.05) is 49.6 Å². The van der Waals surface area contributed by atoms with Gasteiger partial charge >= 0.3 is 6.09 Å². The third-order valence-corrected chi connectivity index (χ3v) is 5.26. The average Bonchev–Trinajstić information content (AvgIpc) is 2.61. The Morgan fingerprint density at radius 1 is 1.21 bits per heavy atom. The van der Waals surface area contributed by atoms with Crippen molar-refractivity contribution < 1.29 is 18.7 Å². The number of carbonyl (C=O) groups is 2. The Balaban J connectivity index is 1.51. The number of alkyl carbamates (subject to hydrolysis) is 1. The average molecular weight is 407 g/mol. The molecular weight excluding hydrogens is 375 g/mol. The number of piperidine rings is 1. The van der Waals surface area contributed by atoms with Crippen LogP contribution in [0.15, 0.2) is 18.2 Å². The third-order valence-electron chi connectivity index (χ3n) is 5.26. The van der Waals surface area contributed by atoms with Crippen molar-refractivity contribution in [2.45, 2.75) is 45.3 Å². The van der Waals surface area contributed by atoms with Crippen molar-refractivity contribution in [3.05, 3.63) is 24.0 Å². The lowest BCUT2D eigenvalue weighted by molar-refractivity contribution is -0.117. The summed E-state index contributed by atoms with van der Waals surface area (Å²) >= 11 is 0. The van der Waals surface area contributed by atoms with E-state index in [1.165, 1.54) is 12.1 Å². The normalized spacial score (nSPS) is 18.6. The molecule has 2 aliphatic rings. The number of carbonyl (C=O) groups excluding carboxylic acids is 2. The minimum absolute atomic E-state index is 0.0212. The number of hydrogen-bond acceptors (Lipinski definition) is 5. The molecule has 2 heterocycles. The minimum atomic E-state index is -0.504. The predicted octanol–water partition coefficient (Wildman–Crippen LogP) is 2.60. The van der Waals surface area contributed by atoms with E-state index in [9.17, 15) is 14.0 Å². The van der Waals surface area contributed by atoms with Crippen molar-refractivity contribution in [1.82, 2.24) is 10.2 Å². The van der Waals surface area contributed by atoms with Gasteiger partial charge in [-0.25, -0.2) is 9.18 Å². The van der Waals surface area contributed by atoms with Crippen LogP contribution in [0.25, 0.3) is 0 Å². The van der Waals surface area contributed by atoms with E-state index in [0.717, 1.165) is 31.6 Å². The first-order valence-corrected chi connectivity index (χ1v) is 10.2. The summed E-state index contributed by atoms with van der Waals surface area (Å²) in [6.07, 6.45) is 1.29. The predicted molar refractivity (Wildman–Crippen MR) is 111 cm³/mol. The molecule has 1 fully saturated rings. The summed E-state index contributed by atoms with van der Waals surface area (Å²) in [6.45, 7) is 8.73. The molecule has 0 unspecified atom stereocenters. The summed E-state index contributed by atoms with van der Waals surface area (Å²) < 4.78 is 19.1. The molecule has 0 bridgehead atoms. The number of amides is 2. The Bertz CT molecular complexity index is 757. The molecule has 0 aliphatic carbocycles. The fourth-order valence-corrected chi connectivity index (χ4v) is 3.81. The highest BCUT2D eigenvalue weighted by Crippen LogP contribution is 2.33. The number of hydrogen-bond donors (Lipinski definition) is 1. The number of halogens is 1. The van der Waals surface area contributed by atoms with Crippen LogP contribution in [0, 0.1) is 5.82 Å². The Morgan fingerprint density at radius 3 is 2.55 bits per heavy atom. The molecule has 2 amide bonds. The fraction of sp³-hybridized carbons (Fsp3) is 0.619. The maximum atomic E-state index is 13.8. The molecule has 0 atom stereocenters. The first-order valence-electron chi connectivity index (χ1n) is 10.2. The van der Waals surface area contributed by atoms with E-state index in [1.54, 1.807) is 11.0 Å². The second kappa shape index (κ2) is 8.57. The van der Waals surface area contributed by atoms with Crippen LogP contribution in [0.3, 0.4) is 0 Å². The molecule has 8 heteroatoms. The van der Waals surface area contributed by atoms with Gasteiger partial charge in [0.05, 0.1) is 17.9 Å². The van der Waals surface area contributed by atoms with E-state index in [-0.39, 0.29) is 23.9 Å². The second-order valence-corrected chi connectivity index (χ2v) is 8.80. The van der Waals surface area contributed by atoms with Gasteiger partial charge in [-0.2, -0.15) is 0 Å². The smallest absolute Gasteiger partial charge is 0.407 e. The second-order valence-electron chi connectivity index (χ2n) is 8.80. The molecular formula is C21H31FN4O3. The Morgan fingerprint density at radius 2 is 1.90 bits per heavy atom. The van der Waals surface area contributed by atoms with Crippen LogP contribution in [0.1, 0.15) is 33.6 Å². The topological polar surface area (TPSA) is 65.1 Å². The summed E-state index contributed by atoms with van der Waals surface area (Å²) in [4.78, 5) is 30.3. The number of ether oxygens (including phenoxy) is 1. The zero-order chi connectivity index (χ0) is 21.2. The van der Waals surface area contributed by atoms with E-state index in [4.69, 9.17) is 4.74 Å².